The summed E-state index contributed by atoms with van der Waals surface area (Å²) in [7, 11) is 0. The van der Waals surface area contributed by atoms with Gasteiger partial charge in [0.25, 0.3) is 5.91 Å². The molecular weight excluding hydrogens is 342 g/mol. The van der Waals surface area contributed by atoms with Crippen molar-refractivity contribution in [1.82, 2.24) is 4.98 Å². The van der Waals surface area contributed by atoms with Gasteiger partial charge in [0.05, 0.1) is 0 Å². The molecule has 0 spiro atoms. The summed E-state index contributed by atoms with van der Waals surface area (Å²) in [5.41, 5.74) is 2.70. The zero-order valence-electron chi connectivity index (χ0n) is 15.0. The van der Waals surface area contributed by atoms with Crippen LogP contribution in [0.2, 0.25) is 0 Å². The fraction of sp³-hybridized carbons (Fsp3) is 0.0952. The molecule has 0 aliphatic heterocycles. The Morgan fingerprint density at radius 1 is 0.889 bits per heavy atom. The van der Waals surface area contributed by atoms with E-state index in [2.05, 4.69) is 15.6 Å². The summed E-state index contributed by atoms with van der Waals surface area (Å²) in [6.45, 7) is 3.36. The van der Waals surface area contributed by atoms with Gasteiger partial charge in [-0.15, -0.1) is 0 Å². The minimum Gasteiger partial charge on any atom is -0.457 e. The summed E-state index contributed by atoms with van der Waals surface area (Å²) in [5.74, 6) is 0.865. The quantitative estimate of drug-likeness (QED) is 0.706. The zero-order valence-corrected chi connectivity index (χ0v) is 15.0. The van der Waals surface area contributed by atoms with E-state index in [4.69, 9.17) is 4.74 Å². The maximum absolute atomic E-state index is 12.5. The van der Waals surface area contributed by atoms with Crippen LogP contribution in [0.25, 0.3) is 0 Å². The molecule has 27 heavy (non-hydrogen) atoms. The first-order valence-corrected chi connectivity index (χ1v) is 8.39. The minimum absolute atomic E-state index is 0.145. The smallest absolute Gasteiger partial charge is 0.255 e. The Morgan fingerprint density at radius 2 is 1.52 bits per heavy atom. The first-order chi connectivity index (χ1) is 13.0. The highest BCUT2D eigenvalue weighted by molar-refractivity contribution is 6.04. The molecule has 3 rings (SSSR count). The first kappa shape index (κ1) is 18.1. The fourth-order valence-electron chi connectivity index (χ4n) is 2.43. The second kappa shape index (κ2) is 8.14. The number of hydrogen-bond donors (Lipinski definition) is 2. The molecule has 0 unspecified atom stereocenters. The number of pyridine rings is 1. The Bertz CT molecular complexity index is 954. The first-order valence-electron chi connectivity index (χ1n) is 8.39. The number of rotatable bonds is 5. The van der Waals surface area contributed by atoms with Crippen molar-refractivity contribution in [2.75, 3.05) is 10.6 Å². The van der Waals surface area contributed by atoms with Crippen LogP contribution in [0.1, 0.15) is 22.8 Å². The van der Waals surface area contributed by atoms with Crippen molar-refractivity contribution in [2.24, 2.45) is 0 Å². The summed E-state index contributed by atoms with van der Waals surface area (Å²) < 4.78 is 5.84. The number of hydrogen-bond acceptors (Lipinski definition) is 4. The molecule has 0 bridgehead atoms. The molecular formula is C21H19N3O3. The van der Waals surface area contributed by atoms with E-state index < -0.39 is 0 Å². The van der Waals surface area contributed by atoms with Gasteiger partial charge in [0.2, 0.25) is 5.91 Å². The molecule has 0 atom stereocenters. The number of nitrogens with zero attached hydrogens (tertiary/aromatic N) is 1. The van der Waals surface area contributed by atoms with Gasteiger partial charge in [-0.25, -0.2) is 0 Å². The number of ether oxygens (including phenoxy) is 1. The van der Waals surface area contributed by atoms with Crippen LogP contribution < -0.4 is 15.4 Å². The van der Waals surface area contributed by atoms with Gasteiger partial charge in [-0.2, -0.15) is 0 Å². The van der Waals surface area contributed by atoms with Gasteiger partial charge in [-0.05, 0) is 61.0 Å². The second-order valence-electron chi connectivity index (χ2n) is 5.98. The third-order valence-corrected chi connectivity index (χ3v) is 3.79. The van der Waals surface area contributed by atoms with E-state index in [0.29, 0.717) is 28.4 Å². The molecule has 3 aromatic rings. The zero-order chi connectivity index (χ0) is 19.2. The number of anilines is 2. The summed E-state index contributed by atoms with van der Waals surface area (Å²) in [4.78, 5) is 27.6. The number of nitrogens with one attached hydrogen (secondary N) is 2. The number of aromatic nitrogens is 1. The van der Waals surface area contributed by atoms with E-state index in [0.717, 1.165) is 5.56 Å². The van der Waals surface area contributed by atoms with Crippen LogP contribution in [-0.4, -0.2) is 16.8 Å². The van der Waals surface area contributed by atoms with Crippen molar-refractivity contribution >= 4 is 23.2 Å². The summed E-state index contributed by atoms with van der Waals surface area (Å²) in [5, 5.41) is 5.51. The topological polar surface area (TPSA) is 80.3 Å². The van der Waals surface area contributed by atoms with Gasteiger partial charge < -0.3 is 15.4 Å². The normalized spacial score (nSPS) is 10.1. The van der Waals surface area contributed by atoms with Crippen molar-refractivity contribution in [3.63, 3.8) is 0 Å². The maximum atomic E-state index is 12.5. The van der Waals surface area contributed by atoms with Crippen LogP contribution in [0.5, 0.6) is 11.5 Å². The Kier molecular flexibility index (Phi) is 5.47. The lowest BCUT2D eigenvalue weighted by Crippen LogP contribution is -2.12. The Balaban J connectivity index is 1.73. The fourth-order valence-corrected chi connectivity index (χ4v) is 2.43. The van der Waals surface area contributed by atoms with Gasteiger partial charge >= 0.3 is 0 Å². The minimum atomic E-state index is -0.248. The Morgan fingerprint density at radius 3 is 2.15 bits per heavy atom. The largest absolute Gasteiger partial charge is 0.457 e. The molecule has 0 aliphatic rings. The van der Waals surface area contributed by atoms with E-state index in [9.17, 15) is 9.59 Å². The number of benzene rings is 2. The molecule has 2 amide bonds. The third kappa shape index (κ3) is 4.92. The van der Waals surface area contributed by atoms with Gasteiger partial charge in [0, 0.05) is 36.3 Å². The van der Waals surface area contributed by atoms with Crippen LogP contribution in [0.4, 0.5) is 11.4 Å². The molecule has 0 aliphatic carbocycles. The molecule has 2 aromatic carbocycles. The summed E-state index contributed by atoms with van der Waals surface area (Å²) >= 11 is 0. The SMILES string of the molecule is CC(=O)Nc1ccc(NC(=O)c2ccc(C)c(Oc3ccncc3)c2)cc1. The lowest BCUT2D eigenvalue weighted by molar-refractivity contribution is -0.114. The van der Waals surface area contributed by atoms with E-state index in [-0.39, 0.29) is 11.8 Å². The number of carbonyl (C=O) groups is 2. The number of amides is 2. The summed E-state index contributed by atoms with van der Waals surface area (Å²) in [6, 6.07) is 15.7. The molecule has 0 radical (unpaired) electrons. The van der Waals surface area contributed by atoms with Gasteiger partial charge in [-0.1, -0.05) is 6.07 Å². The summed E-state index contributed by atoms with van der Waals surface area (Å²) in [6.07, 6.45) is 3.29. The van der Waals surface area contributed by atoms with Gasteiger partial charge in [0.1, 0.15) is 11.5 Å². The van der Waals surface area contributed by atoms with Crippen molar-refractivity contribution in [3.8, 4) is 11.5 Å². The van der Waals surface area contributed by atoms with E-state index in [1.807, 2.05) is 13.0 Å². The molecule has 1 heterocycles. The Labute approximate surface area is 157 Å². The molecule has 0 fully saturated rings. The van der Waals surface area contributed by atoms with Crippen LogP contribution in [0.3, 0.4) is 0 Å². The maximum Gasteiger partial charge on any atom is 0.255 e. The molecule has 2 N–H and O–H groups in total. The molecule has 6 nitrogen and oxygen atoms in total. The van der Waals surface area contributed by atoms with Crippen LogP contribution in [0.15, 0.2) is 67.0 Å². The van der Waals surface area contributed by atoms with Crippen LogP contribution in [0, 0.1) is 6.92 Å². The predicted octanol–water partition coefficient (Wildman–Crippen LogP) is 4.39. The molecule has 6 heteroatoms. The highest BCUT2D eigenvalue weighted by atomic mass is 16.5. The number of aryl methyl sites for hydroxylation is 1. The molecule has 0 saturated carbocycles. The van der Waals surface area contributed by atoms with E-state index in [1.165, 1.54) is 6.92 Å². The molecule has 0 saturated heterocycles. The second-order valence-corrected chi connectivity index (χ2v) is 5.98. The highest BCUT2D eigenvalue weighted by Crippen LogP contribution is 2.26. The van der Waals surface area contributed by atoms with E-state index >= 15 is 0 Å². The monoisotopic (exact) mass is 361 g/mol. The van der Waals surface area contributed by atoms with E-state index in [1.54, 1.807) is 60.9 Å². The predicted molar refractivity (Wildman–Crippen MR) is 104 cm³/mol. The van der Waals surface area contributed by atoms with Crippen molar-refractivity contribution < 1.29 is 14.3 Å². The average molecular weight is 361 g/mol. The van der Waals surface area contributed by atoms with Crippen molar-refractivity contribution in [2.45, 2.75) is 13.8 Å². The molecule has 1 aromatic heterocycles. The highest BCUT2D eigenvalue weighted by Gasteiger charge is 2.10. The molecule has 136 valence electrons. The van der Waals surface area contributed by atoms with Crippen molar-refractivity contribution in [3.05, 3.63) is 78.1 Å². The van der Waals surface area contributed by atoms with Gasteiger partial charge in [-0.3, -0.25) is 14.6 Å². The standard InChI is InChI=1S/C21H19N3O3/c1-14-3-4-16(13-20(14)27-19-9-11-22-12-10-19)21(26)24-18-7-5-17(6-8-18)23-15(2)25/h3-13H,1-2H3,(H,23,25)(H,24,26). The van der Waals surface area contributed by atoms with Crippen LogP contribution >= 0.6 is 0 Å². The van der Waals surface area contributed by atoms with Crippen LogP contribution in [-0.2, 0) is 4.79 Å². The Hall–Kier alpha value is -3.67. The van der Waals surface area contributed by atoms with Crippen molar-refractivity contribution in [1.29, 1.82) is 0 Å². The average Bonchev–Trinajstić information content (AvgIpc) is 2.65. The third-order valence-electron chi connectivity index (χ3n) is 3.79. The lowest BCUT2D eigenvalue weighted by atomic mass is 10.1. The van der Waals surface area contributed by atoms with Gasteiger partial charge in [0.15, 0.2) is 0 Å². The number of carbonyl (C=O) groups excluding carboxylic acids is 2. The lowest BCUT2D eigenvalue weighted by Gasteiger charge is -2.11.